The fraction of sp³-hybridized carbons (Fsp3) is 0.556. The fourth-order valence-corrected chi connectivity index (χ4v) is 2.47. The van der Waals surface area contributed by atoms with Gasteiger partial charge >= 0.3 is 0 Å². The van der Waals surface area contributed by atoms with Crippen molar-refractivity contribution >= 4 is 22.0 Å². The van der Waals surface area contributed by atoms with Crippen LogP contribution in [0.1, 0.15) is 27.7 Å². The van der Waals surface area contributed by atoms with E-state index in [0.29, 0.717) is 0 Å². The Balaban J connectivity index is 2.40. The van der Waals surface area contributed by atoms with Crippen LogP contribution in [0.15, 0.2) is 21.9 Å². The molecule has 0 radical (unpaired) electrons. The molecule has 0 amide bonds. The normalized spacial score (nSPS) is 24.9. The monoisotopic (exact) mass is 195 g/mol. The maximum absolute atomic E-state index is 4.59. The Kier molecular flexibility index (Phi) is 1.77. The third-order valence-electron chi connectivity index (χ3n) is 1.94. The molecule has 3 nitrogen and oxygen atoms in total. The van der Waals surface area contributed by atoms with E-state index in [1.807, 2.05) is 11.9 Å². The summed E-state index contributed by atoms with van der Waals surface area (Å²) in [6, 6.07) is 0. The molecular weight excluding hydrogens is 182 g/mol. The number of fused-ring (bicyclic) bond motifs is 1. The molecule has 2 aliphatic heterocycles. The molecule has 70 valence electrons. The van der Waals surface area contributed by atoms with Crippen molar-refractivity contribution in [3.05, 3.63) is 11.8 Å². The zero-order chi connectivity index (χ0) is 9.64. The van der Waals surface area contributed by atoms with Gasteiger partial charge in [0.2, 0.25) is 0 Å². The highest BCUT2D eigenvalue weighted by Gasteiger charge is 2.30. The van der Waals surface area contributed by atoms with Gasteiger partial charge in [-0.05, 0) is 45.5 Å². The van der Waals surface area contributed by atoms with Gasteiger partial charge in [-0.15, -0.1) is 0 Å². The maximum atomic E-state index is 4.59. The smallest absolute Gasteiger partial charge is 0.191 e. The third kappa shape index (κ3) is 1.50. The van der Waals surface area contributed by atoms with Crippen molar-refractivity contribution in [2.45, 2.75) is 33.2 Å². The van der Waals surface area contributed by atoms with Crippen molar-refractivity contribution in [3.8, 4) is 0 Å². The van der Waals surface area contributed by atoms with Crippen LogP contribution < -0.4 is 0 Å². The number of hydrazone groups is 1. The fourth-order valence-electron chi connectivity index (χ4n) is 1.53. The Morgan fingerprint density at radius 2 is 2.08 bits per heavy atom. The minimum atomic E-state index is -0.0803. The molecule has 0 N–H and O–H groups in total. The highest BCUT2D eigenvalue weighted by Crippen LogP contribution is 2.32. The van der Waals surface area contributed by atoms with Crippen LogP contribution in [0.4, 0.5) is 0 Å². The molecule has 0 aromatic rings. The molecule has 0 unspecified atom stereocenters. The highest BCUT2D eigenvalue weighted by atomic mass is 32.2. The summed E-state index contributed by atoms with van der Waals surface area (Å²) in [6.07, 6.45) is 2.14. The van der Waals surface area contributed by atoms with Gasteiger partial charge in [-0.25, -0.2) is 10.0 Å². The SMILES string of the molecule is CC1=CC(C)(C)N=C2SC(C)=NN12. The van der Waals surface area contributed by atoms with E-state index in [4.69, 9.17) is 0 Å². The molecule has 0 bridgehead atoms. The van der Waals surface area contributed by atoms with Crippen LogP contribution in [-0.2, 0) is 0 Å². The molecule has 0 fully saturated rings. The van der Waals surface area contributed by atoms with Gasteiger partial charge in [0.1, 0.15) is 0 Å². The lowest BCUT2D eigenvalue weighted by Gasteiger charge is -2.27. The molecule has 0 saturated heterocycles. The molecule has 4 heteroatoms. The Hall–Kier alpha value is -0.770. The lowest BCUT2D eigenvalue weighted by Crippen LogP contribution is -2.29. The molecule has 0 aromatic carbocycles. The van der Waals surface area contributed by atoms with Crippen LogP contribution in [0.5, 0.6) is 0 Å². The molecule has 0 atom stereocenters. The van der Waals surface area contributed by atoms with Crippen molar-refractivity contribution in [2.24, 2.45) is 10.1 Å². The predicted molar refractivity (Wildman–Crippen MR) is 57.8 cm³/mol. The summed E-state index contributed by atoms with van der Waals surface area (Å²) in [5, 5.41) is 8.34. The Morgan fingerprint density at radius 3 is 2.77 bits per heavy atom. The minimum absolute atomic E-state index is 0.0803. The lowest BCUT2D eigenvalue weighted by molar-refractivity contribution is 0.506. The van der Waals surface area contributed by atoms with E-state index in [9.17, 15) is 0 Å². The molecule has 13 heavy (non-hydrogen) atoms. The van der Waals surface area contributed by atoms with E-state index in [1.54, 1.807) is 11.8 Å². The second-order valence-electron chi connectivity index (χ2n) is 3.87. The number of aliphatic imine (C=N–C) groups is 1. The first-order valence-corrected chi connectivity index (χ1v) is 5.12. The van der Waals surface area contributed by atoms with Crippen LogP contribution >= 0.6 is 11.8 Å². The summed E-state index contributed by atoms with van der Waals surface area (Å²) >= 11 is 1.64. The second kappa shape index (κ2) is 2.61. The predicted octanol–water partition coefficient (Wildman–Crippen LogP) is 2.42. The summed E-state index contributed by atoms with van der Waals surface area (Å²) < 4.78 is 0. The number of hydrogen-bond donors (Lipinski definition) is 0. The molecule has 0 aliphatic carbocycles. The van der Waals surface area contributed by atoms with Crippen molar-refractivity contribution in [1.82, 2.24) is 5.01 Å². The first-order valence-electron chi connectivity index (χ1n) is 4.30. The van der Waals surface area contributed by atoms with E-state index in [0.717, 1.165) is 10.2 Å². The molecule has 0 spiro atoms. The first-order chi connectivity index (χ1) is 5.98. The molecule has 0 aromatic heterocycles. The van der Waals surface area contributed by atoms with Gasteiger partial charge in [0.05, 0.1) is 10.6 Å². The standard InChI is InChI=1S/C9H13N3S/c1-6-5-9(3,4)10-8-12(6)11-7(2)13-8/h5H,1-4H3. The first kappa shape index (κ1) is 8.81. The molecular formula is C9H13N3S. The Bertz CT molecular complexity index is 339. The van der Waals surface area contributed by atoms with Crippen LogP contribution in [0, 0.1) is 0 Å². The molecule has 2 rings (SSSR count). The van der Waals surface area contributed by atoms with Crippen molar-refractivity contribution < 1.29 is 0 Å². The average molecular weight is 195 g/mol. The summed E-state index contributed by atoms with van der Waals surface area (Å²) in [7, 11) is 0. The third-order valence-corrected chi connectivity index (χ3v) is 2.76. The van der Waals surface area contributed by atoms with Crippen LogP contribution in [0.25, 0.3) is 0 Å². The van der Waals surface area contributed by atoms with E-state index in [-0.39, 0.29) is 5.54 Å². The number of rotatable bonds is 0. The van der Waals surface area contributed by atoms with Crippen molar-refractivity contribution in [3.63, 3.8) is 0 Å². The summed E-state index contributed by atoms with van der Waals surface area (Å²) in [5.41, 5.74) is 1.09. The maximum Gasteiger partial charge on any atom is 0.191 e. The topological polar surface area (TPSA) is 28.0 Å². The number of thioether (sulfide) groups is 1. The zero-order valence-corrected chi connectivity index (χ0v) is 9.14. The summed E-state index contributed by atoms with van der Waals surface area (Å²) in [5.74, 6) is 0. The minimum Gasteiger partial charge on any atom is -0.250 e. The lowest BCUT2D eigenvalue weighted by atomic mass is 10.0. The highest BCUT2D eigenvalue weighted by molar-refractivity contribution is 8.26. The average Bonchev–Trinajstić information content (AvgIpc) is 2.27. The van der Waals surface area contributed by atoms with E-state index in [1.165, 1.54) is 5.70 Å². The van der Waals surface area contributed by atoms with Gasteiger partial charge in [0.15, 0.2) is 5.17 Å². The van der Waals surface area contributed by atoms with E-state index < -0.39 is 0 Å². The Morgan fingerprint density at radius 1 is 1.38 bits per heavy atom. The second-order valence-corrected chi connectivity index (χ2v) is 5.03. The number of hydrogen-bond acceptors (Lipinski definition) is 4. The van der Waals surface area contributed by atoms with Gasteiger partial charge < -0.3 is 0 Å². The van der Waals surface area contributed by atoms with Gasteiger partial charge in [-0.3, -0.25) is 0 Å². The van der Waals surface area contributed by atoms with E-state index in [2.05, 4.69) is 36.9 Å². The van der Waals surface area contributed by atoms with Crippen molar-refractivity contribution in [1.29, 1.82) is 0 Å². The van der Waals surface area contributed by atoms with Gasteiger partial charge in [0.25, 0.3) is 0 Å². The number of amidine groups is 1. The largest absolute Gasteiger partial charge is 0.250 e. The van der Waals surface area contributed by atoms with Crippen LogP contribution in [0.2, 0.25) is 0 Å². The zero-order valence-electron chi connectivity index (χ0n) is 8.33. The van der Waals surface area contributed by atoms with Gasteiger partial charge in [-0.1, -0.05) is 0 Å². The van der Waals surface area contributed by atoms with Crippen LogP contribution in [0.3, 0.4) is 0 Å². The quantitative estimate of drug-likeness (QED) is 0.593. The summed E-state index contributed by atoms with van der Waals surface area (Å²) in [4.78, 5) is 4.59. The summed E-state index contributed by atoms with van der Waals surface area (Å²) in [6.45, 7) is 8.29. The van der Waals surface area contributed by atoms with Gasteiger partial charge in [-0.2, -0.15) is 5.10 Å². The van der Waals surface area contributed by atoms with Crippen LogP contribution in [-0.4, -0.2) is 20.8 Å². The number of allylic oxidation sites excluding steroid dienone is 1. The molecule has 2 aliphatic rings. The molecule has 0 saturated carbocycles. The number of nitrogens with zero attached hydrogens (tertiary/aromatic N) is 3. The van der Waals surface area contributed by atoms with Crippen molar-refractivity contribution in [2.75, 3.05) is 0 Å². The van der Waals surface area contributed by atoms with E-state index >= 15 is 0 Å². The molecule has 2 heterocycles. The Labute approximate surface area is 82.6 Å². The van der Waals surface area contributed by atoms with Gasteiger partial charge in [0, 0.05) is 5.70 Å².